The van der Waals surface area contributed by atoms with Gasteiger partial charge < -0.3 is 15.0 Å². The predicted octanol–water partition coefficient (Wildman–Crippen LogP) is 3.84. The SMILES string of the molecule is CCCNCc1cccc(Cl)c1N1CCCC(OCC)C1. The topological polar surface area (TPSA) is 24.5 Å². The molecule has 2 rings (SSSR count). The number of anilines is 1. The Morgan fingerprint density at radius 1 is 1.38 bits per heavy atom. The van der Waals surface area contributed by atoms with E-state index in [1.807, 2.05) is 12.1 Å². The molecule has 0 bridgehead atoms. The Labute approximate surface area is 133 Å². The molecule has 0 aromatic heterocycles. The Morgan fingerprint density at radius 2 is 2.24 bits per heavy atom. The molecule has 1 saturated heterocycles. The maximum absolute atomic E-state index is 6.49. The molecule has 0 spiro atoms. The predicted molar refractivity (Wildman–Crippen MR) is 90.3 cm³/mol. The summed E-state index contributed by atoms with van der Waals surface area (Å²) in [5.41, 5.74) is 2.47. The lowest BCUT2D eigenvalue weighted by Crippen LogP contribution is -2.40. The van der Waals surface area contributed by atoms with Crippen LogP contribution in [0, 0.1) is 0 Å². The van der Waals surface area contributed by atoms with Crippen molar-refractivity contribution in [3.05, 3.63) is 28.8 Å². The number of nitrogens with one attached hydrogen (secondary N) is 1. The van der Waals surface area contributed by atoms with E-state index in [9.17, 15) is 0 Å². The summed E-state index contributed by atoms with van der Waals surface area (Å²) in [6, 6.07) is 6.21. The van der Waals surface area contributed by atoms with Gasteiger partial charge in [-0.2, -0.15) is 0 Å². The van der Waals surface area contributed by atoms with E-state index in [0.717, 1.165) is 57.1 Å². The molecule has 1 unspecified atom stereocenters. The van der Waals surface area contributed by atoms with Crippen molar-refractivity contribution in [2.45, 2.75) is 45.8 Å². The number of hydrogen-bond acceptors (Lipinski definition) is 3. The lowest BCUT2D eigenvalue weighted by atomic mass is 10.0. The van der Waals surface area contributed by atoms with E-state index in [4.69, 9.17) is 16.3 Å². The van der Waals surface area contributed by atoms with E-state index in [1.165, 1.54) is 11.3 Å². The quantitative estimate of drug-likeness (QED) is 0.774. The van der Waals surface area contributed by atoms with Crippen molar-refractivity contribution < 1.29 is 4.74 Å². The lowest BCUT2D eigenvalue weighted by molar-refractivity contribution is 0.0526. The second kappa shape index (κ2) is 8.62. The van der Waals surface area contributed by atoms with E-state index in [0.29, 0.717) is 6.10 Å². The Bertz CT molecular complexity index is 437. The molecule has 4 heteroatoms. The van der Waals surface area contributed by atoms with Crippen molar-refractivity contribution in [2.75, 3.05) is 31.1 Å². The zero-order valence-electron chi connectivity index (χ0n) is 13.2. The first-order chi connectivity index (χ1) is 10.3. The number of hydrogen-bond donors (Lipinski definition) is 1. The first kappa shape index (κ1) is 16.6. The minimum atomic E-state index is 0.330. The van der Waals surface area contributed by atoms with Gasteiger partial charge in [0.2, 0.25) is 0 Å². The summed E-state index contributed by atoms with van der Waals surface area (Å²) in [5.74, 6) is 0. The summed E-state index contributed by atoms with van der Waals surface area (Å²) < 4.78 is 5.81. The summed E-state index contributed by atoms with van der Waals surface area (Å²) in [7, 11) is 0. The van der Waals surface area contributed by atoms with Gasteiger partial charge in [-0.15, -0.1) is 0 Å². The Kier molecular flexibility index (Phi) is 6.81. The molecule has 0 amide bonds. The highest BCUT2D eigenvalue weighted by molar-refractivity contribution is 6.33. The zero-order valence-corrected chi connectivity index (χ0v) is 14.0. The second-order valence-corrected chi connectivity index (χ2v) is 6.00. The van der Waals surface area contributed by atoms with Gasteiger partial charge in [-0.3, -0.25) is 0 Å². The van der Waals surface area contributed by atoms with Crippen LogP contribution in [0.15, 0.2) is 18.2 Å². The summed E-state index contributed by atoms with van der Waals surface area (Å²) in [5, 5.41) is 4.33. The van der Waals surface area contributed by atoms with Crippen LogP contribution in [0.2, 0.25) is 5.02 Å². The van der Waals surface area contributed by atoms with E-state index in [-0.39, 0.29) is 0 Å². The van der Waals surface area contributed by atoms with Crippen molar-refractivity contribution >= 4 is 17.3 Å². The van der Waals surface area contributed by atoms with Gasteiger partial charge in [0.1, 0.15) is 0 Å². The fourth-order valence-corrected chi connectivity index (χ4v) is 3.28. The molecule has 3 nitrogen and oxygen atoms in total. The van der Waals surface area contributed by atoms with Gasteiger partial charge in [0.05, 0.1) is 16.8 Å². The molecule has 1 heterocycles. The van der Waals surface area contributed by atoms with Crippen LogP contribution in [0.25, 0.3) is 0 Å². The molecule has 21 heavy (non-hydrogen) atoms. The summed E-state index contributed by atoms with van der Waals surface area (Å²) >= 11 is 6.49. The van der Waals surface area contributed by atoms with Crippen molar-refractivity contribution in [2.24, 2.45) is 0 Å². The molecule has 0 radical (unpaired) electrons. The zero-order chi connectivity index (χ0) is 15.1. The molecular formula is C17H27ClN2O. The number of benzene rings is 1. The molecule has 1 aromatic rings. The smallest absolute Gasteiger partial charge is 0.0750 e. The largest absolute Gasteiger partial charge is 0.377 e. The molecule has 1 aliphatic heterocycles. The van der Waals surface area contributed by atoms with Crippen LogP contribution in [0.1, 0.15) is 38.7 Å². The Balaban J connectivity index is 2.13. The van der Waals surface area contributed by atoms with Gasteiger partial charge in [-0.25, -0.2) is 0 Å². The molecule has 0 aliphatic carbocycles. The standard InChI is InChI=1S/C17H27ClN2O/c1-3-10-19-12-14-7-5-9-16(18)17(14)20-11-6-8-15(13-20)21-4-2/h5,7,9,15,19H,3-4,6,8,10-13H2,1-2H3. The maximum atomic E-state index is 6.49. The molecule has 1 aromatic carbocycles. The fourth-order valence-electron chi connectivity index (χ4n) is 2.97. The van der Waals surface area contributed by atoms with Crippen molar-refractivity contribution in [1.82, 2.24) is 5.32 Å². The maximum Gasteiger partial charge on any atom is 0.0750 e. The Hall–Kier alpha value is -0.770. The van der Waals surface area contributed by atoms with Gasteiger partial charge >= 0.3 is 0 Å². The molecule has 1 fully saturated rings. The summed E-state index contributed by atoms with van der Waals surface area (Å²) in [4.78, 5) is 2.40. The average molecular weight is 311 g/mol. The first-order valence-corrected chi connectivity index (χ1v) is 8.48. The molecule has 1 aliphatic rings. The van der Waals surface area contributed by atoms with Crippen LogP contribution in [-0.4, -0.2) is 32.3 Å². The number of ether oxygens (including phenoxy) is 1. The van der Waals surface area contributed by atoms with Crippen LogP contribution in [0.5, 0.6) is 0 Å². The molecule has 118 valence electrons. The van der Waals surface area contributed by atoms with Crippen LogP contribution in [0.4, 0.5) is 5.69 Å². The van der Waals surface area contributed by atoms with Gasteiger partial charge in [0, 0.05) is 26.2 Å². The minimum absolute atomic E-state index is 0.330. The summed E-state index contributed by atoms with van der Waals surface area (Å²) in [6.45, 7) is 8.95. The number of rotatable bonds is 7. The third-order valence-electron chi connectivity index (χ3n) is 3.91. The molecule has 1 N–H and O–H groups in total. The van der Waals surface area contributed by atoms with E-state index in [2.05, 4.69) is 30.1 Å². The van der Waals surface area contributed by atoms with Gasteiger partial charge in [-0.05, 0) is 44.4 Å². The van der Waals surface area contributed by atoms with Gasteiger partial charge in [0.25, 0.3) is 0 Å². The third-order valence-corrected chi connectivity index (χ3v) is 4.21. The average Bonchev–Trinajstić information content (AvgIpc) is 2.48. The monoisotopic (exact) mass is 310 g/mol. The second-order valence-electron chi connectivity index (χ2n) is 5.59. The van der Waals surface area contributed by atoms with Crippen molar-refractivity contribution in [1.29, 1.82) is 0 Å². The van der Waals surface area contributed by atoms with E-state index < -0.39 is 0 Å². The van der Waals surface area contributed by atoms with Gasteiger partial charge in [-0.1, -0.05) is 30.7 Å². The van der Waals surface area contributed by atoms with Crippen molar-refractivity contribution in [3.63, 3.8) is 0 Å². The highest BCUT2D eigenvalue weighted by Gasteiger charge is 2.23. The lowest BCUT2D eigenvalue weighted by Gasteiger charge is -2.36. The third kappa shape index (κ3) is 4.60. The van der Waals surface area contributed by atoms with E-state index >= 15 is 0 Å². The fraction of sp³-hybridized carbons (Fsp3) is 0.647. The van der Waals surface area contributed by atoms with E-state index in [1.54, 1.807) is 0 Å². The van der Waals surface area contributed by atoms with Crippen LogP contribution in [-0.2, 0) is 11.3 Å². The summed E-state index contributed by atoms with van der Waals surface area (Å²) in [6.07, 6.45) is 3.79. The molecule has 0 saturated carbocycles. The van der Waals surface area contributed by atoms with Crippen LogP contribution in [0.3, 0.4) is 0 Å². The van der Waals surface area contributed by atoms with Gasteiger partial charge in [0.15, 0.2) is 0 Å². The Morgan fingerprint density at radius 3 is 3.00 bits per heavy atom. The highest BCUT2D eigenvalue weighted by Crippen LogP contribution is 2.32. The number of piperidine rings is 1. The number of halogens is 1. The number of nitrogens with zero attached hydrogens (tertiary/aromatic N) is 1. The number of para-hydroxylation sites is 1. The first-order valence-electron chi connectivity index (χ1n) is 8.10. The van der Waals surface area contributed by atoms with Crippen LogP contribution < -0.4 is 10.2 Å². The minimum Gasteiger partial charge on any atom is -0.377 e. The van der Waals surface area contributed by atoms with Crippen LogP contribution >= 0.6 is 11.6 Å². The molecular weight excluding hydrogens is 284 g/mol. The highest BCUT2D eigenvalue weighted by atomic mass is 35.5. The normalized spacial score (nSPS) is 19.0. The van der Waals surface area contributed by atoms with Crippen molar-refractivity contribution in [3.8, 4) is 0 Å². The molecule has 1 atom stereocenters.